The van der Waals surface area contributed by atoms with E-state index in [-0.39, 0.29) is 28.0 Å². The first-order chi connectivity index (χ1) is 8.97. The Morgan fingerprint density at radius 1 is 1.05 bits per heavy atom. The van der Waals surface area contributed by atoms with Gasteiger partial charge in [0, 0.05) is 18.2 Å². The summed E-state index contributed by atoms with van der Waals surface area (Å²) in [7, 11) is 0. The highest BCUT2D eigenvalue weighted by Gasteiger charge is 2.09. The summed E-state index contributed by atoms with van der Waals surface area (Å²) in [5, 5.41) is 12.1. The summed E-state index contributed by atoms with van der Waals surface area (Å²) in [6, 6.07) is 5.40. The van der Waals surface area contributed by atoms with Crippen LogP contribution in [0.25, 0.3) is 0 Å². The lowest BCUT2D eigenvalue weighted by Crippen LogP contribution is -2.03. The third-order valence-corrected chi connectivity index (χ3v) is 3.13. The molecule has 0 atom stereocenters. The summed E-state index contributed by atoms with van der Waals surface area (Å²) in [4.78, 5) is 0. The Morgan fingerprint density at radius 3 is 2.53 bits per heavy atom. The average molecular weight is 332 g/mol. The van der Waals surface area contributed by atoms with Gasteiger partial charge in [0.1, 0.15) is 23.2 Å². The van der Waals surface area contributed by atoms with Crippen LogP contribution in [0.1, 0.15) is 5.56 Å². The van der Waals surface area contributed by atoms with Crippen molar-refractivity contribution in [3.63, 3.8) is 0 Å². The Hall–Kier alpha value is -1.69. The molecule has 0 aliphatic carbocycles. The van der Waals surface area contributed by atoms with Crippen LogP contribution >= 0.6 is 15.9 Å². The first-order valence-electron chi connectivity index (χ1n) is 5.33. The number of rotatable bonds is 3. The maximum Gasteiger partial charge on any atom is 0.147 e. The minimum Gasteiger partial charge on any atom is -0.508 e. The Labute approximate surface area is 116 Å². The first kappa shape index (κ1) is 13.7. The molecule has 0 aliphatic rings. The van der Waals surface area contributed by atoms with E-state index < -0.39 is 17.5 Å². The summed E-state index contributed by atoms with van der Waals surface area (Å²) >= 11 is 2.86. The number of nitrogens with one attached hydrogen (secondary N) is 1. The maximum atomic E-state index is 13.5. The summed E-state index contributed by atoms with van der Waals surface area (Å²) in [6.07, 6.45) is 0. The summed E-state index contributed by atoms with van der Waals surface area (Å²) < 4.78 is 39.8. The lowest BCUT2D eigenvalue weighted by atomic mass is 10.2. The number of anilines is 1. The summed E-state index contributed by atoms with van der Waals surface area (Å²) in [5.74, 6) is -1.90. The van der Waals surface area contributed by atoms with Crippen molar-refractivity contribution in [2.24, 2.45) is 0 Å². The Kier molecular flexibility index (Phi) is 3.99. The highest BCUT2D eigenvalue weighted by Crippen LogP contribution is 2.25. The average Bonchev–Trinajstić information content (AvgIpc) is 2.36. The Bertz CT molecular complexity index is 619. The van der Waals surface area contributed by atoms with Crippen LogP contribution in [0.4, 0.5) is 18.9 Å². The molecule has 0 heterocycles. The zero-order chi connectivity index (χ0) is 14.0. The largest absolute Gasteiger partial charge is 0.508 e. The van der Waals surface area contributed by atoms with Gasteiger partial charge in [0.2, 0.25) is 0 Å². The fraction of sp³-hybridized carbons (Fsp3) is 0.0769. The molecule has 2 N–H and O–H groups in total. The number of hydrogen-bond acceptors (Lipinski definition) is 2. The fourth-order valence-electron chi connectivity index (χ4n) is 1.54. The molecule has 19 heavy (non-hydrogen) atoms. The number of hydrogen-bond donors (Lipinski definition) is 2. The van der Waals surface area contributed by atoms with E-state index >= 15 is 0 Å². The van der Waals surface area contributed by atoms with Crippen LogP contribution in [0.2, 0.25) is 0 Å². The minimum atomic E-state index is -0.649. The molecule has 0 saturated heterocycles. The molecule has 0 saturated carbocycles. The van der Waals surface area contributed by atoms with Crippen molar-refractivity contribution in [2.45, 2.75) is 6.54 Å². The summed E-state index contributed by atoms with van der Waals surface area (Å²) in [5.41, 5.74) is 0.187. The molecule has 0 fully saturated rings. The number of aromatic hydroxyl groups is 1. The predicted octanol–water partition coefficient (Wildman–Crippen LogP) is 4.18. The van der Waals surface area contributed by atoms with Gasteiger partial charge in [-0.1, -0.05) is 0 Å². The van der Waals surface area contributed by atoms with Crippen molar-refractivity contribution in [3.05, 3.63) is 57.8 Å². The van der Waals surface area contributed by atoms with Crippen LogP contribution in [-0.4, -0.2) is 5.11 Å². The molecule has 2 aromatic rings. The second-order valence-corrected chi connectivity index (χ2v) is 4.73. The molecule has 6 heteroatoms. The molecular weight excluding hydrogens is 323 g/mol. The van der Waals surface area contributed by atoms with E-state index in [9.17, 15) is 18.3 Å². The molecule has 0 spiro atoms. The van der Waals surface area contributed by atoms with Gasteiger partial charge in [-0.25, -0.2) is 13.2 Å². The normalized spacial score (nSPS) is 10.5. The molecular formula is C13H9BrF3NO. The van der Waals surface area contributed by atoms with E-state index in [1.165, 1.54) is 6.07 Å². The standard InChI is InChI=1S/C13H9BrF3NO/c14-9-4-11(17)12(5-10(9)16)18-6-7-3-8(15)1-2-13(7)19/h1-5,18-19H,6H2. The van der Waals surface area contributed by atoms with Crippen molar-refractivity contribution < 1.29 is 18.3 Å². The van der Waals surface area contributed by atoms with Gasteiger partial charge < -0.3 is 10.4 Å². The Morgan fingerprint density at radius 2 is 1.79 bits per heavy atom. The lowest BCUT2D eigenvalue weighted by molar-refractivity contribution is 0.466. The van der Waals surface area contributed by atoms with E-state index in [0.29, 0.717) is 0 Å². The molecule has 0 aromatic heterocycles. The van der Waals surface area contributed by atoms with E-state index in [0.717, 1.165) is 24.3 Å². The molecule has 2 rings (SSSR count). The van der Waals surface area contributed by atoms with Crippen LogP contribution in [-0.2, 0) is 6.54 Å². The number of phenols is 1. The minimum absolute atomic E-state index is 0.0177. The van der Waals surface area contributed by atoms with Gasteiger partial charge in [-0.15, -0.1) is 0 Å². The van der Waals surface area contributed by atoms with E-state index in [1.54, 1.807) is 0 Å². The molecule has 0 unspecified atom stereocenters. The maximum absolute atomic E-state index is 13.5. The third-order valence-electron chi connectivity index (χ3n) is 2.52. The van der Waals surface area contributed by atoms with Crippen LogP contribution in [0.15, 0.2) is 34.8 Å². The lowest BCUT2D eigenvalue weighted by Gasteiger charge is -2.10. The van der Waals surface area contributed by atoms with Crippen LogP contribution in [0.3, 0.4) is 0 Å². The highest BCUT2D eigenvalue weighted by atomic mass is 79.9. The molecule has 0 radical (unpaired) electrons. The smallest absolute Gasteiger partial charge is 0.147 e. The second kappa shape index (κ2) is 5.52. The van der Waals surface area contributed by atoms with Crippen molar-refractivity contribution in [3.8, 4) is 5.75 Å². The highest BCUT2D eigenvalue weighted by molar-refractivity contribution is 9.10. The first-order valence-corrected chi connectivity index (χ1v) is 6.12. The molecule has 2 nitrogen and oxygen atoms in total. The van der Waals surface area contributed by atoms with Gasteiger partial charge in [-0.05, 0) is 40.2 Å². The van der Waals surface area contributed by atoms with E-state index in [1.807, 2.05) is 0 Å². The van der Waals surface area contributed by atoms with Gasteiger partial charge in [-0.2, -0.15) is 0 Å². The molecule has 0 aliphatic heterocycles. The second-order valence-electron chi connectivity index (χ2n) is 3.87. The topological polar surface area (TPSA) is 32.3 Å². The zero-order valence-corrected chi connectivity index (χ0v) is 11.1. The third kappa shape index (κ3) is 3.20. The number of halogens is 4. The van der Waals surface area contributed by atoms with Crippen molar-refractivity contribution >= 4 is 21.6 Å². The number of phenolic OH excluding ortho intramolecular Hbond substituents is 1. The molecule has 2 aromatic carbocycles. The molecule has 100 valence electrons. The van der Waals surface area contributed by atoms with E-state index in [2.05, 4.69) is 21.2 Å². The van der Waals surface area contributed by atoms with Gasteiger partial charge >= 0.3 is 0 Å². The molecule has 0 bridgehead atoms. The predicted molar refractivity (Wildman–Crippen MR) is 69.4 cm³/mol. The zero-order valence-electron chi connectivity index (χ0n) is 9.55. The van der Waals surface area contributed by atoms with Crippen LogP contribution < -0.4 is 5.32 Å². The van der Waals surface area contributed by atoms with E-state index in [4.69, 9.17) is 0 Å². The monoisotopic (exact) mass is 331 g/mol. The molecule has 0 amide bonds. The van der Waals surface area contributed by atoms with Gasteiger partial charge in [0.25, 0.3) is 0 Å². The Balaban J connectivity index is 2.19. The van der Waals surface area contributed by atoms with Crippen molar-refractivity contribution in [1.29, 1.82) is 0 Å². The van der Waals surface area contributed by atoms with Crippen molar-refractivity contribution in [1.82, 2.24) is 0 Å². The van der Waals surface area contributed by atoms with Gasteiger partial charge in [0.15, 0.2) is 0 Å². The van der Waals surface area contributed by atoms with Gasteiger partial charge in [-0.3, -0.25) is 0 Å². The van der Waals surface area contributed by atoms with Crippen LogP contribution in [0.5, 0.6) is 5.75 Å². The van der Waals surface area contributed by atoms with Crippen molar-refractivity contribution in [2.75, 3.05) is 5.32 Å². The fourth-order valence-corrected chi connectivity index (χ4v) is 1.86. The summed E-state index contributed by atoms with van der Waals surface area (Å²) in [6.45, 7) is -0.0262. The van der Waals surface area contributed by atoms with Gasteiger partial charge in [0.05, 0.1) is 10.2 Å². The van der Waals surface area contributed by atoms with Crippen LogP contribution in [0, 0.1) is 17.5 Å². The quantitative estimate of drug-likeness (QED) is 0.827. The number of benzene rings is 2. The SMILES string of the molecule is Oc1ccc(F)cc1CNc1cc(F)c(Br)cc1F.